The van der Waals surface area contributed by atoms with Crippen LogP contribution in [0.25, 0.3) is 5.69 Å². The van der Waals surface area contributed by atoms with Crippen molar-refractivity contribution >= 4 is 46.2 Å². The SMILES string of the molecule is COc1cccc(N2C(=S)N[C@H](c3ccccn3)[C@@H]2c2cccn2-c2ccc(Cl)cc2Cl)c1. The summed E-state index contributed by atoms with van der Waals surface area (Å²) in [6.07, 6.45) is 3.78. The molecule has 1 fully saturated rings. The number of benzene rings is 2. The number of nitrogens with zero attached hydrogens (tertiary/aromatic N) is 3. The van der Waals surface area contributed by atoms with E-state index in [1.54, 1.807) is 19.4 Å². The van der Waals surface area contributed by atoms with Gasteiger partial charge in [0.25, 0.3) is 0 Å². The molecular weight excluding hydrogens is 475 g/mol. The number of ether oxygens (including phenoxy) is 1. The van der Waals surface area contributed by atoms with Crippen molar-refractivity contribution < 1.29 is 4.74 Å². The maximum absolute atomic E-state index is 6.59. The van der Waals surface area contributed by atoms with Gasteiger partial charge in [0.2, 0.25) is 0 Å². The quantitative estimate of drug-likeness (QED) is 0.326. The number of hydrogen-bond acceptors (Lipinski definition) is 3. The second kappa shape index (κ2) is 9.06. The van der Waals surface area contributed by atoms with Gasteiger partial charge in [0.15, 0.2) is 5.11 Å². The molecule has 5 rings (SSSR count). The molecule has 166 valence electrons. The predicted molar refractivity (Wildman–Crippen MR) is 137 cm³/mol. The number of pyridine rings is 1. The first-order valence-corrected chi connectivity index (χ1v) is 11.5. The molecule has 0 saturated carbocycles. The average Bonchev–Trinajstić information content (AvgIpc) is 3.44. The van der Waals surface area contributed by atoms with E-state index in [1.807, 2.05) is 66.9 Å². The first-order valence-electron chi connectivity index (χ1n) is 10.3. The van der Waals surface area contributed by atoms with Gasteiger partial charge in [0, 0.05) is 34.9 Å². The fourth-order valence-corrected chi connectivity index (χ4v) is 5.07. The smallest absolute Gasteiger partial charge is 0.174 e. The van der Waals surface area contributed by atoms with Crippen LogP contribution in [0.3, 0.4) is 0 Å². The van der Waals surface area contributed by atoms with E-state index in [1.165, 1.54) is 0 Å². The minimum absolute atomic E-state index is 0.176. The molecule has 1 saturated heterocycles. The summed E-state index contributed by atoms with van der Waals surface area (Å²) in [6.45, 7) is 0. The Morgan fingerprint density at radius 3 is 2.64 bits per heavy atom. The Hall–Kier alpha value is -3.06. The Kier molecular flexibility index (Phi) is 5.98. The van der Waals surface area contributed by atoms with Crippen molar-refractivity contribution in [2.75, 3.05) is 12.0 Å². The molecule has 8 heteroatoms. The molecule has 2 atom stereocenters. The highest BCUT2D eigenvalue weighted by Gasteiger charge is 2.42. The Morgan fingerprint density at radius 2 is 1.88 bits per heavy atom. The third kappa shape index (κ3) is 4.06. The zero-order chi connectivity index (χ0) is 22.9. The van der Waals surface area contributed by atoms with Crippen LogP contribution in [0, 0.1) is 0 Å². The zero-order valence-electron chi connectivity index (χ0n) is 17.7. The van der Waals surface area contributed by atoms with Crippen LogP contribution in [0.4, 0.5) is 5.69 Å². The summed E-state index contributed by atoms with van der Waals surface area (Å²) in [5, 5.41) is 5.25. The molecule has 33 heavy (non-hydrogen) atoms. The number of thiocarbonyl (C=S) groups is 1. The maximum Gasteiger partial charge on any atom is 0.174 e. The fraction of sp³-hybridized carbons (Fsp3) is 0.120. The minimum Gasteiger partial charge on any atom is -0.497 e. The van der Waals surface area contributed by atoms with Crippen LogP contribution in [-0.4, -0.2) is 21.8 Å². The Morgan fingerprint density at radius 1 is 1.00 bits per heavy atom. The van der Waals surface area contributed by atoms with Gasteiger partial charge in [0.05, 0.1) is 29.6 Å². The summed E-state index contributed by atoms with van der Waals surface area (Å²) >= 11 is 18.6. The van der Waals surface area contributed by atoms with E-state index >= 15 is 0 Å². The van der Waals surface area contributed by atoms with Crippen molar-refractivity contribution in [3.8, 4) is 11.4 Å². The van der Waals surface area contributed by atoms with E-state index in [0.29, 0.717) is 15.2 Å². The monoisotopic (exact) mass is 494 g/mol. The molecule has 1 aliphatic heterocycles. The van der Waals surface area contributed by atoms with Crippen LogP contribution in [0.5, 0.6) is 5.75 Å². The summed E-state index contributed by atoms with van der Waals surface area (Å²) in [4.78, 5) is 6.73. The van der Waals surface area contributed by atoms with Gasteiger partial charge in [-0.25, -0.2) is 0 Å². The number of aromatic nitrogens is 2. The van der Waals surface area contributed by atoms with Crippen molar-refractivity contribution in [3.05, 3.63) is 107 Å². The number of halogens is 2. The number of rotatable bonds is 5. The van der Waals surface area contributed by atoms with Crippen LogP contribution in [-0.2, 0) is 0 Å². The maximum atomic E-state index is 6.59. The highest BCUT2D eigenvalue weighted by atomic mass is 35.5. The standard InChI is InChI=1S/C25H20Cl2N4OS/c1-32-18-7-4-6-17(15-18)31-24(23(29-25(31)33)20-8-2-3-12-28-20)22-9-5-13-30(22)21-11-10-16(26)14-19(21)27/h2-15,23-24H,1H3,(H,29,33)/t23-,24+/m1/s1. The van der Waals surface area contributed by atoms with E-state index in [9.17, 15) is 0 Å². The van der Waals surface area contributed by atoms with E-state index in [-0.39, 0.29) is 12.1 Å². The van der Waals surface area contributed by atoms with E-state index in [4.69, 9.17) is 40.2 Å². The van der Waals surface area contributed by atoms with Crippen molar-refractivity contribution in [3.63, 3.8) is 0 Å². The second-order valence-electron chi connectivity index (χ2n) is 7.60. The van der Waals surface area contributed by atoms with Crippen LogP contribution >= 0.6 is 35.4 Å². The first-order chi connectivity index (χ1) is 16.1. The van der Waals surface area contributed by atoms with Crippen molar-refractivity contribution in [2.45, 2.75) is 12.1 Å². The molecule has 1 N–H and O–H groups in total. The van der Waals surface area contributed by atoms with Crippen LogP contribution in [0.2, 0.25) is 10.0 Å². The minimum atomic E-state index is -0.193. The summed E-state index contributed by atoms with van der Waals surface area (Å²) in [6, 6.07) is 23.0. The Bertz CT molecular complexity index is 1310. The number of anilines is 1. The molecule has 3 heterocycles. The molecule has 1 aliphatic rings. The Balaban J connectivity index is 1.68. The molecule has 2 aromatic carbocycles. The zero-order valence-corrected chi connectivity index (χ0v) is 20.0. The van der Waals surface area contributed by atoms with Gasteiger partial charge in [-0.1, -0.05) is 35.3 Å². The number of nitrogens with one attached hydrogen (secondary N) is 1. The van der Waals surface area contributed by atoms with Gasteiger partial charge in [-0.15, -0.1) is 0 Å². The van der Waals surface area contributed by atoms with E-state index in [0.717, 1.165) is 28.5 Å². The van der Waals surface area contributed by atoms with Gasteiger partial charge >= 0.3 is 0 Å². The lowest BCUT2D eigenvalue weighted by Crippen LogP contribution is -2.30. The van der Waals surface area contributed by atoms with Crippen molar-refractivity contribution in [1.82, 2.24) is 14.9 Å². The largest absolute Gasteiger partial charge is 0.497 e. The fourth-order valence-electron chi connectivity index (χ4n) is 4.22. The van der Waals surface area contributed by atoms with Gasteiger partial charge in [0.1, 0.15) is 11.8 Å². The molecule has 0 unspecified atom stereocenters. The molecule has 2 aromatic heterocycles. The molecule has 0 bridgehead atoms. The molecule has 4 aromatic rings. The van der Waals surface area contributed by atoms with E-state index < -0.39 is 0 Å². The third-order valence-corrected chi connectivity index (χ3v) is 6.53. The molecule has 0 spiro atoms. The van der Waals surface area contributed by atoms with Gasteiger partial charge < -0.3 is 19.5 Å². The lowest BCUT2D eigenvalue weighted by Gasteiger charge is -2.29. The molecule has 0 radical (unpaired) electrons. The first kappa shape index (κ1) is 21.8. The van der Waals surface area contributed by atoms with Gasteiger partial charge in [-0.05, 0) is 66.8 Å². The van der Waals surface area contributed by atoms with Crippen molar-refractivity contribution in [2.24, 2.45) is 0 Å². The van der Waals surface area contributed by atoms with Crippen LogP contribution in [0.15, 0.2) is 85.2 Å². The predicted octanol–water partition coefficient (Wildman–Crippen LogP) is 6.36. The summed E-state index contributed by atoms with van der Waals surface area (Å²) in [7, 11) is 1.65. The lowest BCUT2D eigenvalue weighted by atomic mass is 10.0. The average molecular weight is 495 g/mol. The molecule has 0 aliphatic carbocycles. The summed E-state index contributed by atoms with van der Waals surface area (Å²) < 4.78 is 7.54. The summed E-state index contributed by atoms with van der Waals surface area (Å²) in [5.41, 5.74) is 3.66. The van der Waals surface area contributed by atoms with Gasteiger partial charge in [-0.2, -0.15) is 0 Å². The Labute approximate surface area is 207 Å². The lowest BCUT2D eigenvalue weighted by molar-refractivity contribution is 0.414. The summed E-state index contributed by atoms with van der Waals surface area (Å²) in [5.74, 6) is 0.756. The highest BCUT2D eigenvalue weighted by molar-refractivity contribution is 7.80. The van der Waals surface area contributed by atoms with Crippen LogP contribution < -0.4 is 15.0 Å². The number of methoxy groups -OCH3 is 1. The van der Waals surface area contributed by atoms with Gasteiger partial charge in [-0.3, -0.25) is 4.98 Å². The number of hydrogen-bond donors (Lipinski definition) is 1. The molecule has 5 nitrogen and oxygen atoms in total. The van der Waals surface area contributed by atoms with Crippen LogP contribution in [0.1, 0.15) is 23.5 Å². The normalized spacial score (nSPS) is 17.8. The molecular formula is C25H20Cl2N4OS. The second-order valence-corrected chi connectivity index (χ2v) is 8.83. The molecule has 0 amide bonds. The topological polar surface area (TPSA) is 42.3 Å². The van der Waals surface area contributed by atoms with Crippen molar-refractivity contribution in [1.29, 1.82) is 0 Å². The third-order valence-electron chi connectivity index (χ3n) is 5.68. The highest BCUT2D eigenvalue weighted by Crippen LogP contribution is 2.43. The van der Waals surface area contributed by atoms with E-state index in [2.05, 4.69) is 25.8 Å².